The lowest BCUT2D eigenvalue weighted by atomic mass is 10.3. The van der Waals surface area contributed by atoms with Gasteiger partial charge >= 0.3 is 0 Å². The fourth-order valence-electron chi connectivity index (χ4n) is 1.12. The summed E-state index contributed by atoms with van der Waals surface area (Å²) >= 11 is 0. The number of hydrogen-bond acceptors (Lipinski definition) is 5. The lowest BCUT2D eigenvalue weighted by Gasteiger charge is -2.06. The molecule has 2 N–H and O–H groups in total. The van der Waals surface area contributed by atoms with Crippen molar-refractivity contribution in [2.75, 3.05) is 18.9 Å². The molecule has 0 aliphatic carbocycles. The SMILES string of the molecule is Nc1ncnc2c1C(P)=NCCO2. The number of anilines is 1. The van der Waals surface area contributed by atoms with E-state index in [-0.39, 0.29) is 0 Å². The number of hydrogen-bond donors (Lipinski definition) is 1. The van der Waals surface area contributed by atoms with E-state index in [1.54, 1.807) is 0 Å². The molecule has 0 amide bonds. The third-order valence-electron chi connectivity index (χ3n) is 1.71. The topological polar surface area (TPSA) is 73.4 Å². The molecule has 1 atom stereocenters. The molecule has 1 aromatic rings. The fraction of sp³-hybridized carbons (Fsp3) is 0.286. The van der Waals surface area contributed by atoms with Crippen molar-refractivity contribution in [3.63, 3.8) is 0 Å². The van der Waals surface area contributed by atoms with Gasteiger partial charge in [-0.2, -0.15) is 0 Å². The van der Waals surface area contributed by atoms with Crippen LogP contribution in [0.15, 0.2) is 11.3 Å². The molecule has 0 spiro atoms. The minimum atomic E-state index is 0.403. The van der Waals surface area contributed by atoms with Gasteiger partial charge in [0.1, 0.15) is 24.3 Å². The zero-order valence-electron chi connectivity index (χ0n) is 6.90. The molecule has 1 aliphatic rings. The van der Waals surface area contributed by atoms with Crippen LogP contribution in [0.3, 0.4) is 0 Å². The van der Waals surface area contributed by atoms with E-state index in [2.05, 4.69) is 24.2 Å². The second-order valence-corrected chi connectivity index (χ2v) is 3.10. The zero-order chi connectivity index (χ0) is 9.26. The van der Waals surface area contributed by atoms with Gasteiger partial charge in [0.25, 0.3) is 0 Å². The summed E-state index contributed by atoms with van der Waals surface area (Å²) in [5.41, 5.74) is 7.12. The van der Waals surface area contributed by atoms with Crippen molar-refractivity contribution < 1.29 is 4.74 Å². The monoisotopic (exact) mass is 196 g/mol. The quantitative estimate of drug-likeness (QED) is 0.596. The highest BCUT2D eigenvalue weighted by Gasteiger charge is 2.15. The van der Waals surface area contributed by atoms with E-state index in [9.17, 15) is 0 Å². The van der Waals surface area contributed by atoms with E-state index in [0.29, 0.717) is 30.4 Å². The average Bonchev–Trinajstić information content (AvgIpc) is 2.29. The van der Waals surface area contributed by atoms with Crippen molar-refractivity contribution in [3.8, 4) is 5.88 Å². The van der Waals surface area contributed by atoms with Crippen LogP contribution >= 0.6 is 9.24 Å². The van der Waals surface area contributed by atoms with Crippen molar-refractivity contribution in [2.24, 2.45) is 4.99 Å². The first-order valence-electron chi connectivity index (χ1n) is 3.82. The van der Waals surface area contributed by atoms with Crippen LogP contribution in [0.25, 0.3) is 0 Å². The molecule has 0 saturated heterocycles. The molecule has 2 heterocycles. The van der Waals surface area contributed by atoms with Crippen LogP contribution in [0.1, 0.15) is 5.56 Å². The zero-order valence-corrected chi connectivity index (χ0v) is 8.05. The Morgan fingerprint density at radius 3 is 3.15 bits per heavy atom. The van der Waals surface area contributed by atoms with Crippen molar-refractivity contribution in [1.82, 2.24) is 9.97 Å². The van der Waals surface area contributed by atoms with Gasteiger partial charge < -0.3 is 10.5 Å². The van der Waals surface area contributed by atoms with Crippen molar-refractivity contribution in [3.05, 3.63) is 11.9 Å². The number of nitrogen functional groups attached to an aromatic ring is 1. The second kappa shape index (κ2) is 3.26. The van der Waals surface area contributed by atoms with Gasteiger partial charge in [-0.25, -0.2) is 9.97 Å². The van der Waals surface area contributed by atoms with E-state index in [1.807, 2.05) is 0 Å². The molecule has 1 unspecified atom stereocenters. The molecule has 68 valence electrons. The number of fused-ring (bicyclic) bond motifs is 1. The highest BCUT2D eigenvalue weighted by atomic mass is 31.0. The molecule has 1 aliphatic heterocycles. The highest BCUT2D eigenvalue weighted by Crippen LogP contribution is 2.24. The molecular formula is C7H9N4OP. The van der Waals surface area contributed by atoms with Crippen LogP contribution in [-0.2, 0) is 0 Å². The number of nitrogens with two attached hydrogens (primary N) is 1. The lowest BCUT2D eigenvalue weighted by Crippen LogP contribution is -2.05. The summed E-state index contributed by atoms with van der Waals surface area (Å²) in [6.07, 6.45) is 1.39. The largest absolute Gasteiger partial charge is 0.475 e. The normalized spacial score (nSPS) is 15.3. The summed E-state index contributed by atoms with van der Waals surface area (Å²) in [5.74, 6) is 0.916. The van der Waals surface area contributed by atoms with Crippen LogP contribution in [0.5, 0.6) is 5.88 Å². The van der Waals surface area contributed by atoms with Gasteiger partial charge in [0.05, 0.1) is 12.0 Å². The molecule has 0 saturated carbocycles. The number of rotatable bonds is 0. The summed E-state index contributed by atoms with van der Waals surface area (Å²) in [6, 6.07) is 0. The smallest absolute Gasteiger partial charge is 0.228 e. The minimum Gasteiger partial charge on any atom is -0.475 e. The summed E-state index contributed by atoms with van der Waals surface area (Å²) < 4.78 is 5.34. The summed E-state index contributed by atoms with van der Waals surface area (Å²) in [4.78, 5) is 12.1. The van der Waals surface area contributed by atoms with Crippen molar-refractivity contribution in [2.45, 2.75) is 0 Å². The van der Waals surface area contributed by atoms with E-state index in [4.69, 9.17) is 10.5 Å². The van der Waals surface area contributed by atoms with Crippen LogP contribution in [0, 0.1) is 0 Å². The van der Waals surface area contributed by atoms with Crippen LogP contribution in [-0.4, -0.2) is 28.6 Å². The summed E-state index contributed by atoms with van der Waals surface area (Å²) in [5, 5.41) is 0. The predicted octanol–water partition coefficient (Wildman–Crippen LogP) is 0.0729. The molecule has 0 bridgehead atoms. The Kier molecular flexibility index (Phi) is 2.10. The number of ether oxygens (including phenoxy) is 1. The van der Waals surface area contributed by atoms with Gasteiger partial charge in [-0.3, -0.25) is 4.99 Å². The number of aromatic nitrogens is 2. The molecular weight excluding hydrogens is 187 g/mol. The van der Waals surface area contributed by atoms with Crippen molar-refractivity contribution in [1.29, 1.82) is 0 Å². The van der Waals surface area contributed by atoms with Gasteiger partial charge in [-0.15, -0.1) is 0 Å². The predicted molar refractivity (Wildman–Crippen MR) is 53.1 cm³/mol. The average molecular weight is 196 g/mol. The molecule has 1 aromatic heterocycles. The van der Waals surface area contributed by atoms with Gasteiger partial charge in [-0.05, 0) is 0 Å². The minimum absolute atomic E-state index is 0.403. The molecule has 0 fully saturated rings. The third-order valence-corrected chi connectivity index (χ3v) is 2.18. The Morgan fingerprint density at radius 2 is 2.31 bits per heavy atom. The fourth-order valence-corrected chi connectivity index (χ4v) is 1.52. The van der Waals surface area contributed by atoms with E-state index in [1.165, 1.54) is 6.33 Å². The molecule has 0 aromatic carbocycles. The highest BCUT2D eigenvalue weighted by molar-refractivity contribution is 7.42. The first-order valence-corrected chi connectivity index (χ1v) is 4.40. The van der Waals surface area contributed by atoms with Crippen LogP contribution in [0.2, 0.25) is 0 Å². The maximum absolute atomic E-state index is 5.68. The maximum Gasteiger partial charge on any atom is 0.228 e. The van der Waals surface area contributed by atoms with Crippen LogP contribution in [0.4, 0.5) is 5.82 Å². The Labute approximate surface area is 77.6 Å². The Balaban J connectivity index is 2.60. The van der Waals surface area contributed by atoms with Gasteiger partial charge in [0.15, 0.2) is 0 Å². The van der Waals surface area contributed by atoms with E-state index < -0.39 is 0 Å². The summed E-state index contributed by atoms with van der Waals surface area (Å²) in [7, 11) is 2.51. The Morgan fingerprint density at radius 1 is 1.46 bits per heavy atom. The maximum atomic E-state index is 5.68. The van der Waals surface area contributed by atoms with Crippen molar-refractivity contribution >= 4 is 20.5 Å². The standard InChI is InChI=1S/C7H9N4OP/c8-5-4-6(11-3-10-5)12-2-1-9-7(4)13/h3H,1-2,13H2,(H2,8,10,11). The molecule has 5 nitrogen and oxygen atoms in total. The first kappa shape index (κ1) is 8.38. The molecule has 13 heavy (non-hydrogen) atoms. The van der Waals surface area contributed by atoms with Gasteiger partial charge in [0.2, 0.25) is 5.88 Å². The number of aliphatic imine (C=N–C) groups is 1. The summed E-state index contributed by atoms with van der Waals surface area (Å²) in [6.45, 7) is 1.15. The molecule has 6 heteroatoms. The first-order chi connectivity index (χ1) is 6.29. The van der Waals surface area contributed by atoms with Gasteiger partial charge in [-0.1, -0.05) is 9.24 Å². The lowest BCUT2D eigenvalue weighted by molar-refractivity contribution is 0.318. The van der Waals surface area contributed by atoms with Gasteiger partial charge in [0, 0.05) is 0 Å². The molecule has 0 radical (unpaired) electrons. The number of nitrogens with zero attached hydrogens (tertiary/aromatic N) is 3. The Hall–Kier alpha value is -1.22. The van der Waals surface area contributed by atoms with E-state index >= 15 is 0 Å². The molecule has 2 rings (SSSR count). The third kappa shape index (κ3) is 1.47. The van der Waals surface area contributed by atoms with E-state index in [0.717, 1.165) is 5.45 Å². The van der Waals surface area contributed by atoms with Crippen LogP contribution < -0.4 is 10.5 Å². The second-order valence-electron chi connectivity index (χ2n) is 2.55. The Bertz CT molecular complexity index is 366.